The summed E-state index contributed by atoms with van der Waals surface area (Å²) < 4.78 is 0. The summed E-state index contributed by atoms with van der Waals surface area (Å²) in [5, 5.41) is 7.48. The molecule has 0 unspecified atom stereocenters. The smallest absolute Gasteiger partial charge is 0.261 e. The number of nitrogens with zero attached hydrogens (tertiary/aromatic N) is 3. The van der Waals surface area contributed by atoms with Crippen molar-refractivity contribution in [3.8, 4) is 0 Å². The van der Waals surface area contributed by atoms with E-state index in [0.29, 0.717) is 36.7 Å². The molecule has 2 heterocycles. The highest BCUT2D eigenvalue weighted by atomic mass is 32.1. The van der Waals surface area contributed by atoms with Crippen molar-refractivity contribution in [2.24, 2.45) is 4.99 Å². The number of aromatic nitrogens is 1. The topological polar surface area (TPSA) is 86.7 Å². The number of rotatable bonds is 7. The van der Waals surface area contributed by atoms with Crippen LogP contribution in [-0.4, -0.2) is 47.8 Å². The Morgan fingerprint density at radius 3 is 2.44 bits per heavy atom. The summed E-state index contributed by atoms with van der Waals surface area (Å²) >= 11 is 1.66. The van der Waals surface area contributed by atoms with Crippen LogP contribution >= 0.6 is 11.3 Å². The quantitative estimate of drug-likeness (QED) is 0.330. The Balaban J connectivity index is 1.38. The number of hydrogen-bond donors (Lipinski definition) is 2. The lowest BCUT2D eigenvalue weighted by molar-refractivity contribution is 0.0652. The summed E-state index contributed by atoms with van der Waals surface area (Å²) in [6, 6.07) is 6.97. The number of imide groups is 1. The van der Waals surface area contributed by atoms with Crippen LogP contribution in [-0.2, 0) is 6.54 Å². The third-order valence-corrected chi connectivity index (χ3v) is 5.19. The second-order valence-electron chi connectivity index (χ2n) is 6.23. The lowest BCUT2D eigenvalue weighted by Crippen LogP contribution is -2.37. The van der Waals surface area contributed by atoms with E-state index in [9.17, 15) is 9.59 Å². The van der Waals surface area contributed by atoms with Crippen molar-refractivity contribution in [1.29, 1.82) is 0 Å². The summed E-state index contributed by atoms with van der Waals surface area (Å²) in [4.78, 5) is 35.6. The summed E-state index contributed by atoms with van der Waals surface area (Å²) in [5.41, 5.74) is 1.00. The number of carbonyl (C=O) groups is 2. The molecule has 27 heavy (non-hydrogen) atoms. The van der Waals surface area contributed by atoms with Gasteiger partial charge in [0.15, 0.2) is 5.96 Å². The molecule has 0 spiro atoms. The van der Waals surface area contributed by atoms with Gasteiger partial charge in [-0.05, 0) is 31.9 Å². The van der Waals surface area contributed by atoms with Gasteiger partial charge < -0.3 is 10.6 Å². The third kappa shape index (κ3) is 4.51. The number of benzene rings is 1. The maximum Gasteiger partial charge on any atom is 0.261 e. The van der Waals surface area contributed by atoms with E-state index < -0.39 is 0 Å². The molecule has 0 bridgehead atoms. The van der Waals surface area contributed by atoms with Crippen molar-refractivity contribution < 1.29 is 9.59 Å². The molecule has 1 aromatic heterocycles. The van der Waals surface area contributed by atoms with Gasteiger partial charge in [0.05, 0.1) is 17.7 Å². The van der Waals surface area contributed by atoms with Gasteiger partial charge in [-0.3, -0.25) is 19.5 Å². The van der Waals surface area contributed by atoms with Crippen LogP contribution in [0.5, 0.6) is 0 Å². The number of carbonyl (C=O) groups excluding carboxylic acids is 2. The van der Waals surface area contributed by atoms with Crippen molar-refractivity contribution in [3.05, 3.63) is 51.5 Å². The Labute approximate surface area is 162 Å². The minimum absolute atomic E-state index is 0.195. The molecule has 1 aliphatic rings. The number of aryl methyl sites for hydroxylation is 1. The Bertz CT molecular complexity index is 826. The number of fused-ring (bicyclic) bond motifs is 1. The lowest BCUT2D eigenvalue weighted by Gasteiger charge is -2.14. The first kappa shape index (κ1) is 19.0. The average Bonchev–Trinajstić information content (AvgIpc) is 3.20. The fourth-order valence-electron chi connectivity index (χ4n) is 2.91. The molecule has 2 amide bonds. The first-order valence-electron chi connectivity index (χ1n) is 8.91. The average molecular weight is 385 g/mol. The van der Waals surface area contributed by atoms with Crippen LogP contribution in [0, 0.1) is 6.92 Å². The predicted molar refractivity (Wildman–Crippen MR) is 106 cm³/mol. The highest BCUT2D eigenvalue weighted by molar-refractivity contribution is 7.11. The minimum Gasteiger partial charge on any atom is -0.356 e. The highest BCUT2D eigenvalue weighted by Gasteiger charge is 2.34. The van der Waals surface area contributed by atoms with Gasteiger partial charge in [-0.25, -0.2) is 4.98 Å². The molecule has 2 N–H and O–H groups in total. The van der Waals surface area contributed by atoms with Gasteiger partial charge in [-0.2, -0.15) is 0 Å². The number of guanidine groups is 1. The van der Waals surface area contributed by atoms with Crippen LogP contribution in [0.3, 0.4) is 0 Å². The van der Waals surface area contributed by atoms with Crippen molar-refractivity contribution in [1.82, 2.24) is 20.5 Å². The standard InChI is InChI=1S/C19H23N5O2S/c1-13-11-22-16(27-13)12-23-19(20-2)21-9-5-6-10-24-17(25)14-7-3-4-8-15(14)18(24)26/h3-4,7-8,11H,5-6,9-10,12H2,1-2H3,(H2,20,21,23). The van der Waals surface area contributed by atoms with Crippen molar-refractivity contribution in [2.45, 2.75) is 26.3 Å². The summed E-state index contributed by atoms with van der Waals surface area (Å²) in [6.45, 7) is 3.80. The second-order valence-corrected chi connectivity index (χ2v) is 7.55. The zero-order chi connectivity index (χ0) is 19.2. The zero-order valence-electron chi connectivity index (χ0n) is 15.5. The summed E-state index contributed by atoms with van der Waals surface area (Å²) in [7, 11) is 1.72. The van der Waals surface area contributed by atoms with Crippen molar-refractivity contribution in [3.63, 3.8) is 0 Å². The van der Waals surface area contributed by atoms with E-state index in [2.05, 4.69) is 20.6 Å². The van der Waals surface area contributed by atoms with E-state index >= 15 is 0 Å². The largest absolute Gasteiger partial charge is 0.356 e. The fraction of sp³-hybridized carbons (Fsp3) is 0.368. The van der Waals surface area contributed by atoms with Gasteiger partial charge in [0.1, 0.15) is 5.01 Å². The number of hydrogen-bond acceptors (Lipinski definition) is 5. The monoisotopic (exact) mass is 385 g/mol. The lowest BCUT2D eigenvalue weighted by atomic mass is 10.1. The summed E-state index contributed by atoms with van der Waals surface area (Å²) in [6.07, 6.45) is 3.42. The van der Waals surface area contributed by atoms with Gasteiger partial charge in [0, 0.05) is 31.2 Å². The van der Waals surface area contributed by atoms with Gasteiger partial charge in [-0.15, -0.1) is 11.3 Å². The molecule has 0 atom stereocenters. The molecule has 0 fully saturated rings. The Hall–Kier alpha value is -2.74. The maximum absolute atomic E-state index is 12.3. The van der Waals surface area contributed by atoms with Crippen LogP contribution < -0.4 is 10.6 Å². The molecule has 0 saturated carbocycles. The first-order chi connectivity index (χ1) is 13.1. The number of aliphatic imine (C=N–C) groups is 1. The van der Waals surface area contributed by atoms with Crippen LogP contribution in [0.2, 0.25) is 0 Å². The predicted octanol–water partition coefficient (Wildman–Crippen LogP) is 2.19. The molecule has 0 saturated heterocycles. The van der Waals surface area contributed by atoms with Crippen molar-refractivity contribution >= 4 is 29.1 Å². The fourth-order valence-corrected chi connectivity index (χ4v) is 3.63. The molecule has 0 radical (unpaired) electrons. The molecular weight excluding hydrogens is 362 g/mol. The van der Waals surface area contributed by atoms with E-state index in [1.807, 2.05) is 13.1 Å². The van der Waals surface area contributed by atoms with Crippen LogP contribution in [0.1, 0.15) is 43.4 Å². The molecule has 2 aromatic rings. The molecule has 1 aromatic carbocycles. The maximum atomic E-state index is 12.3. The van der Waals surface area contributed by atoms with Crippen LogP contribution in [0.25, 0.3) is 0 Å². The molecule has 142 valence electrons. The number of unbranched alkanes of at least 4 members (excludes halogenated alkanes) is 1. The van der Waals surface area contributed by atoms with Gasteiger partial charge in [0.2, 0.25) is 0 Å². The van der Waals surface area contributed by atoms with E-state index in [1.54, 1.807) is 42.6 Å². The molecular formula is C19H23N5O2S. The molecule has 8 heteroatoms. The molecule has 1 aliphatic heterocycles. The van der Waals surface area contributed by atoms with E-state index in [4.69, 9.17) is 0 Å². The summed E-state index contributed by atoms with van der Waals surface area (Å²) in [5.74, 6) is 0.322. The van der Waals surface area contributed by atoms with E-state index in [1.165, 1.54) is 9.78 Å². The Morgan fingerprint density at radius 2 is 1.85 bits per heavy atom. The Morgan fingerprint density at radius 1 is 1.15 bits per heavy atom. The number of thiazole rings is 1. The van der Waals surface area contributed by atoms with Gasteiger partial charge in [0.25, 0.3) is 11.8 Å². The zero-order valence-corrected chi connectivity index (χ0v) is 16.3. The molecule has 3 rings (SSSR count). The van der Waals surface area contributed by atoms with Gasteiger partial charge >= 0.3 is 0 Å². The second kappa shape index (κ2) is 8.77. The third-order valence-electron chi connectivity index (χ3n) is 4.28. The minimum atomic E-state index is -0.195. The first-order valence-corrected chi connectivity index (χ1v) is 9.73. The van der Waals surface area contributed by atoms with Gasteiger partial charge in [-0.1, -0.05) is 12.1 Å². The number of amides is 2. The van der Waals surface area contributed by atoms with E-state index in [-0.39, 0.29) is 11.8 Å². The Kier molecular flexibility index (Phi) is 6.18. The van der Waals surface area contributed by atoms with E-state index in [0.717, 1.165) is 17.8 Å². The van der Waals surface area contributed by atoms with Crippen LogP contribution in [0.15, 0.2) is 35.5 Å². The highest BCUT2D eigenvalue weighted by Crippen LogP contribution is 2.22. The number of nitrogens with one attached hydrogen (secondary N) is 2. The van der Waals surface area contributed by atoms with Crippen LogP contribution in [0.4, 0.5) is 0 Å². The molecule has 0 aliphatic carbocycles. The van der Waals surface area contributed by atoms with Crippen molar-refractivity contribution in [2.75, 3.05) is 20.1 Å². The SMILES string of the molecule is CN=C(NCCCCN1C(=O)c2ccccc2C1=O)NCc1ncc(C)s1. The molecule has 7 nitrogen and oxygen atoms in total. The normalized spacial score (nSPS) is 13.9.